The van der Waals surface area contributed by atoms with E-state index in [0.717, 1.165) is 5.69 Å². The fourth-order valence-electron chi connectivity index (χ4n) is 1.81. The normalized spacial score (nSPS) is 11.4. The third-order valence-electron chi connectivity index (χ3n) is 3.04. The van der Waals surface area contributed by atoms with Crippen LogP contribution in [0.4, 0.5) is 5.69 Å². The van der Waals surface area contributed by atoms with Crippen LogP contribution in [0.15, 0.2) is 35.4 Å². The molecule has 0 aliphatic carbocycles. The molecule has 0 fully saturated rings. The fourth-order valence-corrected chi connectivity index (χ4v) is 2.87. The summed E-state index contributed by atoms with van der Waals surface area (Å²) in [6.45, 7) is 0.240. The number of rotatable bonds is 7. The lowest BCUT2D eigenvalue weighted by atomic mass is 10.3. The monoisotopic (exact) mass is 339 g/mol. The number of carboxylic acids is 1. The first kappa shape index (κ1) is 16.9. The highest BCUT2D eigenvalue weighted by molar-refractivity contribution is 7.89. The van der Waals surface area contributed by atoms with Gasteiger partial charge >= 0.3 is 5.97 Å². The molecule has 2 N–H and O–H groups in total. The Morgan fingerprint density at radius 3 is 2.74 bits per heavy atom. The van der Waals surface area contributed by atoms with Gasteiger partial charge in [-0.2, -0.15) is 0 Å². The highest BCUT2D eigenvalue weighted by atomic mass is 32.2. The van der Waals surface area contributed by atoms with Crippen LogP contribution < -0.4 is 9.62 Å². The number of hydrogen-bond donors (Lipinski definition) is 2. The molecular formula is C13H17N5O4S. The number of benzene rings is 1. The van der Waals surface area contributed by atoms with Crippen LogP contribution in [0.5, 0.6) is 0 Å². The summed E-state index contributed by atoms with van der Waals surface area (Å²) in [5.74, 6) is -1.18. The number of carbonyl (C=O) groups is 1. The molecule has 0 saturated carbocycles. The van der Waals surface area contributed by atoms with E-state index in [1.165, 1.54) is 16.9 Å². The molecule has 1 aromatic carbocycles. The summed E-state index contributed by atoms with van der Waals surface area (Å²) < 4.78 is 28.2. The Morgan fingerprint density at radius 2 is 2.13 bits per heavy atom. The zero-order valence-electron chi connectivity index (χ0n) is 12.7. The van der Waals surface area contributed by atoms with E-state index in [0.29, 0.717) is 0 Å². The number of aromatic carboxylic acids is 1. The van der Waals surface area contributed by atoms with Crippen molar-refractivity contribution in [2.45, 2.75) is 11.4 Å². The van der Waals surface area contributed by atoms with Gasteiger partial charge in [0, 0.05) is 26.3 Å². The Hall–Kier alpha value is -2.46. The largest absolute Gasteiger partial charge is 0.476 e. The molecule has 0 aliphatic rings. The minimum Gasteiger partial charge on any atom is -0.476 e. The van der Waals surface area contributed by atoms with Gasteiger partial charge in [-0.05, 0) is 18.2 Å². The van der Waals surface area contributed by atoms with Crippen molar-refractivity contribution in [2.24, 2.45) is 0 Å². The SMILES string of the molecule is CN(C)c1cccc(S(=O)(=O)NCCn2cc(C(=O)O)nn2)c1. The Morgan fingerprint density at radius 1 is 1.39 bits per heavy atom. The van der Waals surface area contributed by atoms with Crippen molar-refractivity contribution < 1.29 is 18.3 Å². The maximum absolute atomic E-state index is 12.2. The van der Waals surface area contributed by atoms with E-state index in [4.69, 9.17) is 5.11 Å². The van der Waals surface area contributed by atoms with Crippen molar-refractivity contribution in [1.82, 2.24) is 19.7 Å². The van der Waals surface area contributed by atoms with Gasteiger partial charge < -0.3 is 10.0 Å². The van der Waals surface area contributed by atoms with Gasteiger partial charge in [0.15, 0.2) is 5.69 Å². The molecule has 10 heteroatoms. The predicted octanol–water partition coefficient (Wildman–Crippen LogP) is 0.0208. The van der Waals surface area contributed by atoms with Crippen LogP contribution in [0.1, 0.15) is 10.5 Å². The molecule has 0 bridgehead atoms. The molecule has 23 heavy (non-hydrogen) atoms. The molecule has 0 atom stereocenters. The lowest BCUT2D eigenvalue weighted by Gasteiger charge is -2.14. The van der Waals surface area contributed by atoms with Crippen LogP contribution in [0.3, 0.4) is 0 Å². The lowest BCUT2D eigenvalue weighted by Crippen LogP contribution is -2.27. The first-order chi connectivity index (χ1) is 10.8. The Kier molecular flexibility index (Phi) is 4.96. The first-order valence-electron chi connectivity index (χ1n) is 6.70. The molecule has 0 aliphatic heterocycles. The number of hydrogen-bond acceptors (Lipinski definition) is 6. The molecule has 0 unspecified atom stereocenters. The van der Waals surface area contributed by atoms with Crippen molar-refractivity contribution in [2.75, 3.05) is 25.5 Å². The van der Waals surface area contributed by atoms with E-state index < -0.39 is 16.0 Å². The van der Waals surface area contributed by atoms with E-state index >= 15 is 0 Å². The molecule has 124 valence electrons. The van der Waals surface area contributed by atoms with Gasteiger partial charge in [-0.1, -0.05) is 11.3 Å². The van der Waals surface area contributed by atoms with E-state index in [1.54, 1.807) is 12.1 Å². The van der Waals surface area contributed by atoms with E-state index in [9.17, 15) is 13.2 Å². The fraction of sp³-hybridized carbons (Fsp3) is 0.308. The number of nitrogens with one attached hydrogen (secondary N) is 1. The van der Waals surface area contributed by atoms with Crippen molar-refractivity contribution >= 4 is 21.7 Å². The van der Waals surface area contributed by atoms with Crippen LogP contribution in [0.2, 0.25) is 0 Å². The second-order valence-corrected chi connectivity index (χ2v) is 6.73. The minimum absolute atomic E-state index is 0.0664. The van der Waals surface area contributed by atoms with Crippen molar-refractivity contribution in [1.29, 1.82) is 0 Å². The van der Waals surface area contributed by atoms with Gasteiger partial charge in [-0.25, -0.2) is 17.9 Å². The number of anilines is 1. The average molecular weight is 339 g/mol. The second-order valence-electron chi connectivity index (χ2n) is 4.96. The van der Waals surface area contributed by atoms with Crippen molar-refractivity contribution in [3.05, 3.63) is 36.2 Å². The zero-order valence-corrected chi connectivity index (χ0v) is 13.5. The lowest BCUT2D eigenvalue weighted by molar-refractivity contribution is 0.0690. The molecule has 2 rings (SSSR count). The Labute approximate surface area is 133 Å². The molecule has 0 spiro atoms. The maximum Gasteiger partial charge on any atom is 0.358 e. The van der Waals surface area contributed by atoms with Gasteiger partial charge in [0.2, 0.25) is 10.0 Å². The van der Waals surface area contributed by atoms with E-state index in [2.05, 4.69) is 15.0 Å². The maximum atomic E-state index is 12.2. The van der Waals surface area contributed by atoms with E-state index in [1.807, 2.05) is 25.1 Å². The van der Waals surface area contributed by atoms with Gasteiger partial charge in [0.05, 0.1) is 17.6 Å². The van der Waals surface area contributed by atoms with Gasteiger partial charge in [0.1, 0.15) is 0 Å². The van der Waals surface area contributed by atoms with Crippen LogP contribution in [0, 0.1) is 0 Å². The topological polar surface area (TPSA) is 117 Å². The Bertz CT molecular complexity index is 800. The summed E-state index contributed by atoms with van der Waals surface area (Å²) in [7, 11) is -0.00384. The highest BCUT2D eigenvalue weighted by Gasteiger charge is 2.15. The van der Waals surface area contributed by atoms with Gasteiger partial charge in [-0.15, -0.1) is 5.10 Å². The molecule has 0 radical (unpaired) electrons. The van der Waals surface area contributed by atoms with Crippen LogP contribution in [-0.2, 0) is 16.6 Å². The average Bonchev–Trinajstić information content (AvgIpc) is 2.96. The second kappa shape index (κ2) is 6.75. The smallest absolute Gasteiger partial charge is 0.358 e. The number of nitrogens with zero attached hydrogens (tertiary/aromatic N) is 4. The molecule has 0 amide bonds. The summed E-state index contributed by atoms with van der Waals surface area (Å²) in [4.78, 5) is 12.7. The summed E-state index contributed by atoms with van der Waals surface area (Å²) in [6.07, 6.45) is 1.24. The van der Waals surface area contributed by atoms with Crippen LogP contribution in [-0.4, -0.2) is 55.1 Å². The summed E-state index contributed by atoms with van der Waals surface area (Å²) in [6, 6.07) is 6.55. The molecule has 9 nitrogen and oxygen atoms in total. The molecule has 1 aromatic heterocycles. The number of carboxylic acid groups (broad SMARTS) is 1. The highest BCUT2D eigenvalue weighted by Crippen LogP contribution is 2.17. The van der Waals surface area contributed by atoms with Crippen molar-refractivity contribution in [3.8, 4) is 0 Å². The number of sulfonamides is 1. The Balaban J connectivity index is 2.01. The predicted molar refractivity (Wildman–Crippen MR) is 82.9 cm³/mol. The quantitative estimate of drug-likeness (QED) is 0.730. The summed E-state index contributed by atoms with van der Waals surface area (Å²) in [5.41, 5.74) is 0.585. The molecular weight excluding hydrogens is 322 g/mol. The number of aromatic nitrogens is 3. The third kappa shape index (κ3) is 4.27. The third-order valence-corrected chi connectivity index (χ3v) is 4.49. The zero-order chi connectivity index (χ0) is 17.0. The molecule has 0 saturated heterocycles. The van der Waals surface area contributed by atoms with Crippen molar-refractivity contribution in [3.63, 3.8) is 0 Å². The summed E-state index contributed by atoms with van der Waals surface area (Å²) in [5, 5.41) is 15.8. The molecule has 1 heterocycles. The molecule has 2 aromatic rings. The van der Waals surface area contributed by atoms with E-state index in [-0.39, 0.29) is 23.7 Å². The van der Waals surface area contributed by atoms with Gasteiger partial charge in [0.25, 0.3) is 0 Å². The van der Waals surface area contributed by atoms with Crippen LogP contribution >= 0.6 is 0 Å². The minimum atomic E-state index is -3.65. The summed E-state index contributed by atoms with van der Waals surface area (Å²) >= 11 is 0. The standard InChI is InChI=1S/C13H17N5O4S/c1-17(2)10-4-3-5-11(8-10)23(21,22)14-6-7-18-9-12(13(19)20)15-16-18/h3-5,8-9,14H,6-7H2,1-2H3,(H,19,20). The van der Waals surface area contributed by atoms with Crippen LogP contribution in [0.25, 0.3) is 0 Å². The van der Waals surface area contributed by atoms with Gasteiger partial charge in [-0.3, -0.25) is 4.68 Å². The first-order valence-corrected chi connectivity index (χ1v) is 8.18.